The summed E-state index contributed by atoms with van der Waals surface area (Å²) in [6.45, 7) is 4.81. The molecule has 2 N–H and O–H groups in total. The average Bonchev–Trinajstić information content (AvgIpc) is 2.76. The standard InChI is InChI=1S/C19H30O2/c1-18-9-7-13(20)11-12(18)3-4-14-15-5-6-17(21)19(15,2)10-8-16(14)18/h5,12-14,16-17,20-21H,3-4,6-11H2,1-2H3/t12?,13-,14?,16?,17?,18-,19-/m0/s1. The summed E-state index contributed by atoms with van der Waals surface area (Å²) in [4.78, 5) is 0. The Balaban J connectivity index is 1.65. The van der Waals surface area contributed by atoms with Gasteiger partial charge in [0.15, 0.2) is 0 Å². The maximum Gasteiger partial charge on any atom is 0.0665 e. The lowest BCUT2D eigenvalue weighted by molar-refractivity contribution is -0.0891. The summed E-state index contributed by atoms with van der Waals surface area (Å²) in [6.07, 6.45) is 11.3. The van der Waals surface area contributed by atoms with E-state index in [1.807, 2.05) is 0 Å². The van der Waals surface area contributed by atoms with Gasteiger partial charge in [0.05, 0.1) is 12.2 Å². The molecule has 0 aliphatic heterocycles. The van der Waals surface area contributed by atoms with Crippen molar-refractivity contribution in [2.24, 2.45) is 28.6 Å². The summed E-state index contributed by atoms with van der Waals surface area (Å²) >= 11 is 0. The van der Waals surface area contributed by atoms with Crippen LogP contribution in [0.25, 0.3) is 0 Å². The predicted molar refractivity (Wildman–Crippen MR) is 83.7 cm³/mol. The van der Waals surface area contributed by atoms with Gasteiger partial charge in [-0.1, -0.05) is 25.5 Å². The van der Waals surface area contributed by atoms with Crippen LogP contribution < -0.4 is 0 Å². The van der Waals surface area contributed by atoms with Crippen LogP contribution in [0.3, 0.4) is 0 Å². The van der Waals surface area contributed by atoms with Crippen molar-refractivity contribution in [1.29, 1.82) is 0 Å². The van der Waals surface area contributed by atoms with Gasteiger partial charge in [-0.15, -0.1) is 0 Å². The molecule has 4 aliphatic carbocycles. The third kappa shape index (κ3) is 1.84. The van der Waals surface area contributed by atoms with Crippen molar-refractivity contribution in [3.63, 3.8) is 0 Å². The molecule has 3 saturated carbocycles. The van der Waals surface area contributed by atoms with E-state index in [1.54, 1.807) is 5.57 Å². The lowest BCUT2D eigenvalue weighted by Gasteiger charge is -2.59. The highest BCUT2D eigenvalue weighted by molar-refractivity contribution is 5.30. The number of hydrogen-bond donors (Lipinski definition) is 2. The Morgan fingerprint density at radius 3 is 2.67 bits per heavy atom. The summed E-state index contributed by atoms with van der Waals surface area (Å²) in [6, 6.07) is 0. The second-order valence-electron chi connectivity index (χ2n) is 8.79. The van der Waals surface area contributed by atoms with Gasteiger partial charge < -0.3 is 10.2 Å². The molecule has 0 heterocycles. The largest absolute Gasteiger partial charge is 0.393 e. The second-order valence-corrected chi connectivity index (χ2v) is 8.79. The smallest absolute Gasteiger partial charge is 0.0665 e. The van der Waals surface area contributed by atoms with E-state index in [2.05, 4.69) is 19.9 Å². The maximum absolute atomic E-state index is 10.4. The van der Waals surface area contributed by atoms with Gasteiger partial charge in [-0.3, -0.25) is 0 Å². The fourth-order valence-corrected chi connectivity index (χ4v) is 6.54. The fraction of sp³-hybridized carbons (Fsp3) is 0.895. The highest BCUT2D eigenvalue weighted by atomic mass is 16.3. The molecule has 7 atom stereocenters. The summed E-state index contributed by atoms with van der Waals surface area (Å²) in [5, 5.41) is 20.5. The van der Waals surface area contributed by atoms with Crippen LogP contribution in [0.4, 0.5) is 0 Å². The molecule has 2 nitrogen and oxygen atoms in total. The van der Waals surface area contributed by atoms with E-state index in [0.29, 0.717) is 11.3 Å². The third-order valence-corrected chi connectivity index (χ3v) is 7.99. The van der Waals surface area contributed by atoms with E-state index in [1.165, 1.54) is 25.7 Å². The van der Waals surface area contributed by atoms with Gasteiger partial charge >= 0.3 is 0 Å². The average molecular weight is 290 g/mol. The van der Waals surface area contributed by atoms with Crippen LogP contribution in [-0.2, 0) is 0 Å². The number of rotatable bonds is 0. The van der Waals surface area contributed by atoms with E-state index in [0.717, 1.165) is 37.5 Å². The van der Waals surface area contributed by atoms with E-state index in [9.17, 15) is 10.2 Å². The minimum Gasteiger partial charge on any atom is -0.393 e. The van der Waals surface area contributed by atoms with E-state index in [4.69, 9.17) is 0 Å². The van der Waals surface area contributed by atoms with Gasteiger partial charge in [0.1, 0.15) is 0 Å². The zero-order valence-electron chi connectivity index (χ0n) is 13.5. The summed E-state index contributed by atoms with van der Waals surface area (Å²) < 4.78 is 0. The van der Waals surface area contributed by atoms with E-state index < -0.39 is 0 Å². The Morgan fingerprint density at radius 2 is 1.86 bits per heavy atom. The van der Waals surface area contributed by atoms with Gasteiger partial charge in [-0.05, 0) is 74.5 Å². The van der Waals surface area contributed by atoms with Crippen LogP contribution in [0, 0.1) is 28.6 Å². The van der Waals surface area contributed by atoms with Crippen LogP contribution in [0.2, 0.25) is 0 Å². The number of fused-ring (bicyclic) bond motifs is 5. The van der Waals surface area contributed by atoms with Crippen molar-refractivity contribution >= 4 is 0 Å². The summed E-state index contributed by atoms with van der Waals surface area (Å²) in [5.74, 6) is 2.21. The van der Waals surface area contributed by atoms with Crippen molar-refractivity contribution in [2.75, 3.05) is 0 Å². The Morgan fingerprint density at radius 1 is 1.05 bits per heavy atom. The van der Waals surface area contributed by atoms with Gasteiger partial charge in [-0.2, -0.15) is 0 Å². The quantitative estimate of drug-likeness (QED) is 0.668. The molecule has 0 bridgehead atoms. The Kier molecular flexibility index (Phi) is 3.11. The molecular weight excluding hydrogens is 260 g/mol. The molecule has 21 heavy (non-hydrogen) atoms. The lowest BCUT2D eigenvalue weighted by atomic mass is 9.46. The molecule has 4 unspecified atom stereocenters. The van der Waals surface area contributed by atoms with Crippen molar-refractivity contribution < 1.29 is 10.2 Å². The molecule has 0 radical (unpaired) electrons. The molecule has 4 rings (SSSR count). The van der Waals surface area contributed by atoms with Crippen molar-refractivity contribution in [3.05, 3.63) is 11.6 Å². The van der Waals surface area contributed by atoms with Gasteiger partial charge in [0, 0.05) is 5.41 Å². The third-order valence-electron chi connectivity index (χ3n) is 7.99. The lowest BCUT2D eigenvalue weighted by Crippen LogP contribution is -2.52. The first-order valence-electron chi connectivity index (χ1n) is 9.02. The molecule has 2 heteroatoms. The van der Waals surface area contributed by atoms with Gasteiger partial charge in [0.2, 0.25) is 0 Å². The minimum atomic E-state index is -0.146. The molecule has 0 aromatic carbocycles. The summed E-state index contributed by atoms with van der Waals surface area (Å²) in [7, 11) is 0. The Bertz CT molecular complexity index is 470. The van der Waals surface area contributed by atoms with Crippen LogP contribution in [0.1, 0.15) is 65.2 Å². The highest BCUT2D eigenvalue weighted by Crippen LogP contribution is 2.64. The van der Waals surface area contributed by atoms with Crippen LogP contribution in [-0.4, -0.2) is 22.4 Å². The first kappa shape index (κ1) is 14.3. The molecule has 118 valence electrons. The molecule has 0 aromatic rings. The zero-order chi connectivity index (χ0) is 14.8. The topological polar surface area (TPSA) is 40.5 Å². The normalized spacial score (nSPS) is 56.2. The monoisotopic (exact) mass is 290 g/mol. The fourth-order valence-electron chi connectivity index (χ4n) is 6.54. The second kappa shape index (κ2) is 4.58. The maximum atomic E-state index is 10.4. The highest BCUT2D eigenvalue weighted by Gasteiger charge is 2.57. The number of aliphatic hydroxyl groups is 2. The number of aliphatic hydroxyl groups excluding tert-OH is 2. The summed E-state index contributed by atoms with van der Waals surface area (Å²) in [5.41, 5.74) is 2.09. The van der Waals surface area contributed by atoms with E-state index in [-0.39, 0.29) is 17.6 Å². The molecule has 4 aliphatic rings. The van der Waals surface area contributed by atoms with Gasteiger partial charge in [0.25, 0.3) is 0 Å². The Labute approximate surface area is 128 Å². The molecular formula is C19H30O2. The first-order chi connectivity index (χ1) is 9.95. The van der Waals surface area contributed by atoms with Crippen LogP contribution in [0.5, 0.6) is 0 Å². The van der Waals surface area contributed by atoms with Crippen LogP contribution >= 0.6 is 0 Å². The molecule has 0 spiro atoms. The van der Waals surface area contributed by atoms with Crippen molar-refractivity contribution in [2.45, 2.75) is 77.4 Å². The first-order valence-corrected chi connectivity index (χ1v) is 9.02. The molecule has 0 aromatic heterocycles. The van der Waals surface area contributed by atoms with Gasteiger partial charge in [-0.25, -0.2) is 0 Å². The SMILES string of the molecule is C[C@]12CC[C@H](O)CC1CCC1C3=CCC(O)[C@@]3(C)CCC12. The van der Waals surface area contributed by atoms with E-state index >= 15 is 0 Å². The number of hydrogen-bond acceptors (Lipinski definition) is 2. The van der Waals surface area contributed by atoms with Crippen LogP contribution in [0.15, 0.2) is 11.6 Å². The molecule has 3 fully saturated rings. The minimum absolute atomic E-state index is 0.0546. The Hall–Kier alpha value is -0.340. The predicted octanol–water partition coefficient (Wildman–Crippen LogP) is 3.67. The zero-order valence-corrected chi connectivity index (χ0v) is 13.5. The molecule has 0 amide bonds. The van der Waals surface area contributed by atoms with Crippen molar-refractivity contribution in [1.82, 2.24) is 0 Å². The molecule has 0 saturated heterocycles. The van der Waals surface area contributed by atoms with Crippen molar-refractivity contribution in [3.8, 4) is 0 Å².